The first-order valence-electron chi connectivity index (χ1n) is 8.69. The molecule has 1 aliphatic carbocycles. The fourth-order valence-electron chi connectivity index (χ4n) is 3.51. The smallest absolute Gasteiger partial charge is 0.269 e. The number of hydrogen-bond donors (Lipinski definition) is 2. The van der Waals surface area contributed by atoms with Gasteiger partial charge in [0.25, 0.3) is 5.69 Å². The van der Waals surface area contributed by atoms with Gasteiger partial charge >= 0.3 is 0 Å². The molecule has 2 aromatic rings. The first kappa shape index (κ1) is 17.6. The van der Waals surface area contributed by atoms with Gasteiger partial charge in [0.2, 0.25) is 0 Å². The van der Waals surface area contributed by atoms with Crippen LogP contribution in [-0.2, 0) is 13.6 Å². The van der Waals surface area contributed by atoms with E-state index in [1.807, 2.05) is 13.2 Å². The minimum atomic E-state index is -0.400. The van der Waals surface area contributed by atoms with E-state index in [1.165, 1.54) is 12.1 Å². The van der Waals surface area contributed by atoms with Crippen LogP contribution < -0.4 is 5.32 Å². The number of non-ortho nitro benzene ring substituents is 1. The number of aliphatic hydroxyl groups is 1. The van der Waals surface area contributed by atoms with Crippen molar-refractivity contribution in [3.05, 3.63) is 46.1 Å². The molecule has 3 rings (SSSR count). The Kier molecular flexibility index (Phi) is 5.45. The summed E-state index contributed by atoms with van der Waals surface area (Å²) in [5.41, 5.74) is 2.85. The monoisotopic (exact) mass is 344 g/mol. The summed E-state index contributed by atoms with van der Waals surface area (Å²) in [4.78, 5) is 10.4. The normalized spacial score (nSPS) is 20.6. The van der Waals surface area contributed by atoms with E-state index in [9.17, 15) is 15.2 Å². The largest absolute Gasteiger partial charge is 0.393 e. The minimum Gasteiger partial charge on any atom is -0.393 e. The third-order valence-corrected chi connectivity index (χ3v) is 4.76. The number of nitro groups is 1. The van der Waals surface area contributed by atoms with Gasteiger partial charge in [-0.1, -0.05) is 6.42 Å². The van der Waals surface area contributed by atoms with Crippen LogP contribution in [0, 0.1) is 16.0 Å². The second kappa shape index (κ2) is 7.76. The molecule has 134 valence electrons. The van der Waals surface area contributed by atoms with Gasteiger partial charge in [0, 0.05) is 43.0 Å². The Morgan fingerprint density at radius 3 is 2.80 bits per heavy atom. The lowest BCUT2D eigenvalue weighted by atomic mass is 9.87. The molecule has 7 nitrogen and oxygen atoms in total. The summed E-state index contributed by atoms with van der Waals surface area (Å²) in [5.74, 6) is 0.517. The summed E-state index contributed by atoms with van der Waals surface area (Å²) in [6.07, 6.45) is 5.86. The highest BCUT2D eigenvalue weighted by Gasteiger charge is 2.20. The molecule has 0 spiro atoms. The Morgan fingerprint density at radius 2 is 2.12 bits per heavy atom. The molecule has 2 atom stereocenters. The molecular weight excluding hydrogens is 320 g/mol. The zero-order valence-electron chi connectivity index (χ0n) is 14.4. The van der Waals surface area contributed by atoms with Crippen molar-refractivity contribution < 1.29 is 10.0 Å². The maximum Gasteiger partial charge on any atom is 0.269 e. The predicted molar refractivity (Wildman–Crippen MR) is 95.0 cm³/mol. The van der Waals surface area contributed by atoms with Crippen LogP contribution in [0.4, 0.5) is 5.69 Å². The molecule has 7 heteroatoms. The van der Waals surface area contributed by atoms with Crippen LogP contribution in [0.5, 0.6) is 0 Å². The second-order valence-corrected chi connectivity index (χ2v) is 6.80. The van der Waals surface area contributed by atoms with Gasteiger partial charge in [-0.2, -0.15) is 5.10 Å². The van der Waals surface area contributed by atoms with Crippen molar-refractivity contribution in [3.63, 3.8) is 0 Å². The van der Waals surface area contributed by atoms with Crippen LogP contribution in [0.3, 0.4) is 0 Å². The Bertz CT molecular complexity index is 726. The van der Waals surface area contributed by atoms with Gasteiger partial charge in [-0.25, -0.2) is 0 Å². The van der Waals surface area contributed by atoms with Gasteiger partial charge in [-0.05, 0) is 43.9 Å². The average Bonchev–Trinajstić information content (AvgIpc) is 2.96. The van der Waals surface area contributed by atoms with Crippen LogP contribution >= 0.6 is 0 Å². The van der Waals surface area contributed by atoms with Crippen LogP contribution in [0.15, 0.2) is 30.5 Å². The van der Waals surface area contributed by atoms with Crippen molar-refractivity contribution in [1.29, 1.82) is 0 Å². The molecule has 0 amide bonds. The number of nitro benzene ring substituents is 1. The van der Waals surface area contributed by atoms with E-state index in [1.54, 1.807) is 16.8 Å². The van der Waals surface area contributed by atoms with Crippen molar-refractivity contribution in [2.24, 2.45) is 13.0 Å². The molecule has 1 fully saturated rings. The van der Waals surface area contributed by atoms with Gasteiger partial charge < -0.3 is 10.4 Å². The fourth-order valence-corrected chi connectivity index (χ4v) is 3.51. The molecule has 1 aliphatic rings. The number of aryl methyl sites for hydroxylation is 1. The summed E-state index contributed by atoms with van der Waals surface area (Å²) in [6.45, 7) is 1.57. The molecule has 0 radical (unpaired) electrons. The zero-order chi connectivity index (χ0) is 17.8. The van der Waals surface area contributed by atoms with Crippen molar-refractivity contribution in [1.82, 2.24) is 15.1 Å². The average molecular weight is 344 g/mol. The summed E-state index contributed by atoms with van der Waals surface area (Å²) in [5, 5.41) is 28.5. The molecule has 1 aromatic heterocycles. The second-order valence-electron chi connectivity index (χ2n) is 6.80. The lowest BCUT2D eigenvalue weighted by Gasteiger charge is -2.25. The number of rotatable bonds is 6. The highest BCUT2D eigenvalue weighted by atomic mass is 16.6. The van der Waals surface area contributed by atoms with Crippen molar-refractivity contribution in [2.75, 3.05) is 6.54 Å². The standard InChI is InChI=1S/C18H24N4O3/c1-21-12-15(11-19-10-13-3-2-4-17(23)9-13)18(20-21)14-5-7-16(8-6-14)22(24)25/h5-8,12-13,17,19,23H,2-4,9-11H2,1H3. The van der Waals surface area contributed by atoms with E-state index in [0.29, 0.717) is 12.5 Å². The molecule has 1 saturated carbocycles. The van der Waals surface area contributed by atoms with Crippen molar-refractivity contribution in [2.45, 2.75) is 38.3 Å². The minimum absolute atomic E-state index is 0.0789. The quantitative estimate of drug-likeness (QED) is 0.621. The Morgan fingerprint density at radius 1 is 1.36 bits per heavy atom. The Hall–Kier alpha value is -2.25. The van der Waals surface area contributed by atoms with Gasteiger partial charge in [0.1, 0.15) is 0 Å². The first-order valence-corrected chi connectivity index (χ1v) is 8.69. The van der Waals surface area contributed by atoms with Crippen LogP contribution in [0.1, 0.15) is 31.2 Å². The summed E-state index contributed by atoms with van der Waals surface area (Å²) >= 11 is 0. The van der Waals surface area contributed by atoms with E-state index in [0.717, 1.165) is 49.0 Å². The van der Waals surface area contributed by atoms with E-state index in [-0.39, 0.29) is 11.8 Å². The highest BCUT2D eigenvalue weighted by molar-refractivity contribution is 5.64. The Labute approximate surface area is 146 Å². The number of benzene rings is 1. The maximum atomic E-state index is 10.8. The molecule has 0 saturated heterocycles. The summed E-state index contributed by atoms with van der Waals surface area (Å²) in [6, 6.07) is 6.48. The first-order chi connectivity index (χ1) is 12.0. The van der Waals surface area contributed by atoms with E-state index < -0.39 is 4.92 Å². The zero-order valence-corrected chi connectivity index (χ0v) is 14.4. The third kappa shape index (κ3) is 4.43. The number of nitrogens with zero attached hydrogens (tertiary/aromatic N) is 3. The maximum absolute atomic E-state index is 10.8. The topological polar surface area (TPSA) is 93.2 Å². The van der Waals surface area contributed by atoms with Gasteiger partial charge in [-0.3, -0.25) is 14.8 Å². The predicted octanol–water partition coefficient (Wildman–Crippen LogP) is 2.64. The molecular formula is C18H24N4O3. The molecule has 25 heavy (non-hydrogen) atoms. The lowest BCUT2D eigenvalue weighted by molar-refractivity contribution is -0.384. The molecule has 0 aliphatic heterocycles. The Balaban J connectivity index is 1.65. The van der Waals surface area contributed by atoms with Crippen molar-refractivity contribution >= 4 is 5.69 Å². The van der Waals surface area contributed by atoms with Gasteiger partial charge in [0.15, 0.2) is 0 Å². The molecule has 1 aromatic carbocycles. The van der Waals surface area contributed by atoms with Crippen LogP contribution in [-0.4, -0.2) is 32.5 Å². The number of hydrogen-bond acceptors (Lipinski definition) is 5. The van der Waals surface area contributed by atoms with Crippen LogP contribution in [0.25, 0.3) is 11.3 Å². The van der Waals surface area contributed by atoms with Gasteiger partial charge in [0.05, 0.1) is 16.7 Å². The fraction of sp³-hybridized carbons (Fsp3) is 0.500. The van der Waals surface area contributed by atoms with Crippen molar-refractivity contribution in [3.8, 4) is 11.3 Å². The SMILES string of the molecule is Cn1cc(CNCC2CCCC(O)C2)c(-c2ccc([N+](=O)[O-])cc2)n1. The van der Waals surface area contributed by atoms with Crippen LogP contribution in [0.2, 0.25) is 0 Å². The van der Waals surface area contributed by atoms with E-state index >= 15 is 0 Å². The lowest BCUT2D eigenvalue weighted by Crippen LogP contribution is -2.28. The van der Waals surface area contributed by atoms with E-state index in [4.69, 9.17) is 0 Å². The number of aliphatic hydroxyl groups excluding tert-OH is 1. The van der Waals surface area contributed by atoms with E-state index in [2.05, 4.69) is 10.4 Å². The number of aromatic nitrogens is 2. The van der Waals surface area contributed by atoms with Gasteiger partial charge in [-0.15, -0.1) is 0 Å². The summed E-state index contributed by atoms with van der Waals surface area (Å²) in [7, 11) is 1.87. The number of nitrogens with one attached hydrogen (secondary N) is 1. The molecule has 0 bridgehead atoms. The molecule has 1 heterocycles. The third-order valence-electron chi connectivity index (χ3n) is 4.76. The summed E-state index contributed by atoms with van der Waals surface area (Å²) < 4.78 is 1.76. The highest BCUT2D eigenvalue weighted by Crippen LogP contribution is 2.26. The molecule has 2 N–H and O–H groups in total. The molecule has 2 unspecified atom stereocenters.